The number of ether oxygens (including phenoxy) is 1. The Morgan fingerprint density at radius 1 is 1.59 bits per heavy atom. The van der Waals surface area contributed by atoms with Crippen LogP contribution in [0.25, 0.3) is 0 Å². The van der Waals surface area contributed by atoms with E-state index in [1.807, 2.05) is 12.1 Å². The van der Waals surface area contributed by atoms with Gasteiger partial charge in [-0.2, -0.15) is 0 Å². The highest BCUT2D eigenvalue weighted by atomic mass is 32.2. The van der Waals surface area contributed by atoms with Crippen molar-refractivity contribution in [2.45, 2.75) is 25.9 Å². The fourth-order valence-electron chi connectivity index (χ4n) is 1.52. The number of hydrogen-bond donors (Lipinski definition) is 1. The third-order valence-electron chi connectivity index (χ3n) is 2.43. The van der Waals surface area contributed by atoms with Crippen molar-refractivity contribution < 1.29 is 4.74 Å². The van der Waals surface area contributed by atoms with Crippen LogP contribution in [0.4, 0.5) is 0 Å². The van der Waals surface area contributed by atoms with Crippen LogP contribution < -0.4 is 10.1 Å². The fraction of sp³-hybridized carbons (Fsp3) is 0.500. The zero-order valence-electron chi connectivity index (χ0n) is 10.4. The molecule has 0 spiro atoms. The molecule has 0 aromatic carbocycles. The number of nitrogens with one attached hydrogen (secondary N) is 1. The van der Waals surface area contributed by atoms with Crippen molar-refractivity contribution in [3.8, 4) is 5.88 Å². The Bertz CT molecular complexity index is 432. The van der Waals surface area contributed by atoms with Crippen molar-refractivity contribution in [3.63, 3.8) is 0 Å². The van der Waals surface area contributed by atoms with Crippen molar-refractivity contribution in [1.82, 2.24) is 10.3 Å². The average molecular weight is 251 g/mol. The topological polar surface area (TPSA) is 46.5 Å². The van der Waals surface area contributed by atoms with E-state index in [1.54, 1.807) is 25.1 Å². The van der Waals surface area contributed by atoms with Crippen molar-refractivity contribution in [3.05, 3.63) is 23.9 Å². The van der Waals surface area contributed by atoms with Gasteiger partial charge in [0.05, 0.1) is 13.7 Å². The summed E-state index contributed by atoms with van der Waals surface area (Å²) in [5, 5.41) is 4.41. The molecular weight excluding hydrogens is 234 g/mol. The lowest BCUT2D eigenvalue weighted by molar-refractivity contribution is 0.397. The molecule has 1 saturated heterocycles. The quantitative estimate of drug-likeness (QED) is 0.893. The lowest BCUT2D eigenvalue weighted by Gasteiger charge is -2.15. The lowest BCUT2D eigenvalue weighted by Crippen LogP contribution is -2.36. The first-order valence-corrected chi connectivity index (χ1v) is 6.52. The van der Waals surface area contributed by atoms with Crippen LogP contribution in [0.3, 0.4) is 0 Å². The number of pyridine rings is 1. The van der Waals surface area contributed by atoms with Crippen LogP contribution in [-0.4, -0.2) is 28.6 Å². The average Bonchev–Trinajstić information content (AvgIpc) is 2.67. The maximum atomic E-state index is 5.08. The standard InChI is InChI=1S/C12H17N3OS/c1-12(2)8-17-11(15-12)14-7-9-4-5-13-10(6-9)16-3/h4-6H,7-8H2,1-3H3,(H,14,15). The molecule has 0 amide bonds. The van der Waals surface area contributed by atoms with Gasteiger partial charge < -0.3 is 10.1 Å². The highest BCUT2D eigenvalue weighted by molar-refractivity contribution is 8.14. The van der Waals surface area contributed by atoms with Crippen LogP contribution in [0.1, 0.15) is 19.4 Å². The third-order valence-corrected chi connectivity index (χ3v) is 3.80. The van der Waals surface area contributed by atoms with Gasteiger partial charge in [0.15, 0.2) is 5.17 Å². The van der Waals surface area contributed by atoms with Gasteiger partial charge in [-0.15, -0.1) is 0 Å². The summed E-state index contributed by atoms with van der Waals surface area (Å²) >= 11 is 1.77. The van der Waals surface area contributed by atoms with E-state index in [-0.39, 0.29) is 5.54 Å². The summed E-state index contributed by atoms with van der Waals surface area (Å²) in [6, 6.07) is 3.87. The Morgan fingerprint density at radius 3 is 3.06 bits per heavy atom. The van der Waals surface area contributed by atoms with Crippen LogP contribution in [0.2, 0.25) is 0 Å². The van der Waals surface area contributed by atoms with Gasteiger partial charge in [0.1, 0.15) is 0 Å². The number of hydrogen-bond acceptors (Lipinski definition) is 4. The number of amidine groups is 1. The summed E-state index contributed by atoms with van der Waals surface area (Å²) < 4.78 is 5.08. The number of aromatic nitrogens is 1. The molecule has 2 heterocycles. The zero-order chi connectivity index (χ0) is 12.3. The van der Waals surface area contributed by atoms with Crippen molar-refractivity contribution in [2.75, 3.05) is 12.9 Å². The van der Waals surface area contributed by atoms with E-state index >= 15 is 0 Å². The predicted molar refractivity (Wildman–Crippen MR) is 71.6 cm³/mol. The van der Waals surface area contributed by atoms with Gasteiger partial charge in [0, 0.05) is 23.6 Å². The number of aliphatic imine (C=N–C) groups is 1. The summed E-state index contributed by atoms with van der Waals surface area (Å²) in [7, 11) is 1.62. The minimum absolute atomic E-state index is 0.152. The molecule has 0 saturated carbocycles. The first kappa shape index (κ1) is 12.2. The summed E-state index contributed by atoms with van der Waals surface area (Å²) in [5.41, 5.74) is 1.26. The molecule has 1 aliphatic rings. The van der Waals surface area contributed by atoms with E-state index in [4.69, 9.17) is 4.74 Å². The van der Waals surface area contributed by atoms with Crippen LogP contribution >= 0.6 is 11.8 Å². The Hall–Kier alpha value is -1.23. The number of thioether (sulfide) groups is 1. The smallest absolute Gasteiger partial charge is 0.213 e. The molecule has 1 aromatic heterocycles. The van der Waals surface area contributed by atoms with E-state index in [1.165, 1.54) is 0 Å². The van der Waals surface area contributed by atoms with Crippen molar-refractivity contribution in [1.29, 1.82) is 0 Å². The molecule has 0 aliphatic carbocycles. The van der Waals surface area contributed by atoms with Gasteiger partial charge in [-0.25, -0.2) is 4.98 Å². The fourth-order valence-corrected chi connectivity index (χ4v) is 2.59. The van der Waals surface area contributed by atoms with Gasteiger partial charge in [0.2, 0.25) is 5.88 Å². The molecule has 17 heavy (non-hydrogen) atoms. The first-order chi connectivity index (χ1) is 8.09. The Morgan fingerprint density at radius 2 is 2.41 bits per heavy atom. The highest BCUT2D eigenvalue weighted by Crippen LogP contribution is 2.22. The molecular formula is C12H17N3OS. The summed E-state index contributed by atoms with van der Waals surface area (Å²) in [6.45, 7) is 5.01. The Kier molecular flexibility index (Phi) is 3.57. The van der Waals surface area contributed by atoms with Gasteiger partial charge in [-0.05, 0) is 25.5 Å². The van der Waals surface area contributed by atoms with Gasteiger partial charge in [0.25, 0.3) is 0 Å². The molecule has 0 unspecified atom stereocenters. The summed E-state index contributed by atoms with van der Waals surface area (Å²) in [5.74, 6) is 1.70. The molecule has 0 bridgehead atoms. The molecule has 0 radical (unpaired) electrons. The summed E-state index contributed by atoms with van der Waals surface area (Å²) in [4.78, 5) is 8.62. The van der Waals surface area contributed by atoms with E-state index in [2.05, 4.69) is 29.1 Å². The third kappa shape index (κ3) is 3.36. The molecule has 2 rings (SSSR count). The van der Waals surface area contributed by atoms with E-state index in [0.29, 0.717) is 12.4 Å². The van der Waals surface area contributed by atoms with Crippen molar-refractivity contribution >= 4 is 16.9 Å². The molecule has 1 aliphatic heterocycles. The molecule has 92 valence electrons. The second kappa shape index (κ2) is 4.96. The number of rotatable bonds is 3. The van der Waals surface area contributed by atoms with Crippen LogP contribution in [-0.2, 0) is 6.54 Å². The van der Waals surface area contributed by atoms with Gasteiger partial charge >= 0.3 is 0 Å². The van der Waals surface area contributed by atoms with E-state index in [9.17, 15) is 0 Å². The molecule has 1 N–H and O–H groups in total. The van der Waals surface area contributed by atoms with Gasteiger partial charge in [-0.3, -0.25) is 4.99 Å². The van der Waals surface area contributed by atoms with Crippen molar-refractivity contribution in [2.24, 2.45) is 4.99 Å². The van der Waals surface area contributed by atoms with Crippen LogP contribution in [0.15, 0.2) is 23.3 Å². The maximum Gasteiger partial charge on any atom is 0.213 e. The molecule has 0 atom stereocenters. The first-order valence-electron chi connectivity index (χ1n) is 5.53. The maximum absolute atomic E-state index is 5.08. The summed E-state index contributed by atoms with van der Waals surface area (Å²) in [6.07, 6.45) is 1.74. The second-order valence-corrected chi connectivity index (χ2v) is 5.59. The normalized spacial score (nSPS) is 20.3. The van der Waals surface area contributed by atoms with Crippen LogP contribution in [0.5, 0.6) is 5.88 Å². The zero-order valence-corrected chi connectivity index (χ0v) is 11.2. The molecule has 5 heteroatoms. The van der Waals surface area contributed by atoms with Crippen LogP contribution in [0, 0.1) is 0 Å². The minimum atomic E-state index is 0.152. The van der Waals surface area contributed by atoms with E-state index < -0.39 is 0 Å². The monoisotopic (exact) mass is 251 g/mol. The SMILES string of the molecule is COc1cc(CN=C2NC(C)(C)CS2)ccn1. The van der Waals surface area contributed by atoms with Gasteiger partial charge in [-0.1, -0.05) is 11.8 Å². The Labute approximate surface area is 106 Å². The molecule has 4 nitrogen and oxygen atoms in total. The minimum Gasteiger partial charge on any atom is -0.481 e. The molecule has 1 fully saturated rings. The largest absolute Gasteiger partial charge is 0.481 e. The predicted octanol–water partition coefficient (Wildman–Crippen LogP) is 2.06. The Balaban J connectivity index is 2.00. The molecule has 1 aromatic rings. The second-order valence-electron chi connectivity index (χ2n) is 4.63. The number of methoxy groups -OCH3 is 1. The highest BCUT2D eigenvalue weighted by Gasteiger charge is 2.26. The van der Waals surface area contributed by atoms with E-state index in [0.717, 1.165) is 16.5 Å². The number of nitrogens with zero attached hydrogens (tertiary/aromatic N) is 2. The lowest BCUT2D eigenvalue weighted by atomic mass is 10.1.